The zero-order valence-electron chi connectivity index (χ0n) is 16.7. The molecule has 0 aromatic heterocycles. The lowest BCUT2D eigenvalue weighted by molar-refractivity contribution is -0.136. The maximum Gasteiger partial charge on any atom is 0.308 e. The largest absolute Gasteiger partial charge is 0.422 e. The van der Waals surface area contributed by atoms with E-state index in [1.165, 1.54) is 18.1 Å². The molecule has 2 aromatic rings. The van der Waals surface area contributed by atoms with E-state index < -0.39 is 5.97 Å². The van der Waals surface area contributed by atoms with Crippen LogP contribution in [0.3, 0.4) is 0 Å². The van der Waals surface area contributed by atoms with Crippen molar-refractivity contribution in [3.63, 3.8) is 0 Å². The Morgan fingerprint density at radius 3 is 1.97 bits per heavy atom. The van der Waals surface area contributed by atoms with Gasteiger partial charge in [-0.2, -0.15) is 0 Å². The van der Waals surface area contributed by atoms with E-state index >= 15 is 0 Å². The van der Waals surface area contributed by atoms with E-state index in [1.54, 1.807) is 24.3 Å². The van der Waals surface area contributed by atoms with Gasteiger partial charge in [0.05, 0.1) is 5.57 Å². The number of esters is 1. The molecule has 2 aliphatic carbocycles. The number of benzene rings is 2. The average Bonchev–Trinajstić information content (AvgIpc) is 2.73. The normalized spacial score (nSPS) is 21.7. The molecule has 2 aliphatic rings. The van der Waals surface area contributed by atoms with Crippen LogP contribution in [0.5, 0.6) is 0 Å². The van der Waals surface area contributed by atoms with E-state index in [2.05, 4.69) is 31.2 Å². The molecule has 0 bridgehead atoms. The van der Waals surface area contributed by atoms with Gasteiger partial charge in [0, 0.05) is 18.1 Å². The monoisotopic (exact) mass is 388 g/mol. The molecule has 4 nitrogen and oxygen atoms in total. The summed E-state index contributed by atoms with van der Waals surface area (Å²) in [6.45, 7) is 3.34. The molecule has 0 spiro atoms. The summed E-state index contributed by atoms with van der Waals surface area (Å²) in [5.74, 6) is -0.824. The molecule has 4 heteroatoms. The standard InChI is InChI=1S/C25H24O4/c1-15-7-9-17(10-8-15)18-11-13-19(14-12-18)22-23(27)20-5-3-4-6-21(20)24(28)25(22)29-16(2)26/h3-10,18-19H,11-14H2,1-2H3. The van der Waals surface area contributed by atoms with Gasteiger partial charge in [-0.25, -0.2) is 0 Å². The van der Waals surface area contributed by atoms with E-state index in [-0.39, 0.29) is 23.2 Å². The van der Waals surface area contributed by atoms with Crippen molar-refractivity contribution in [2.45, 2.75) is 45.4 Å². The van der Waals surface area contributed by atoms with Crippen molar-refractivity contribution in [2.75, 3.05) is 0 Å². The van der Waals surface area contributed by atoms with Crippen molar-refractivity contribution in [2.24, 2.45) is 5.92 Å². The highest BCUT2D eigenvalue weighted by molar-refractivity contribution is 6.26. The Kier molecular flexibility index (Phi) is 5.18. The first-order valence-corrected chi connectivity index (χ1v) is 10.1. The minimum absolute atomic E-state index is 0.0695. The van der Waals surface area contributed by atoms with Gasteiger partial charge >= 0.3 is 5.97 Å². The summed E-state index contributed by atoms with van der Waals surface area (Å²) in [6.07, 6.45) is 3.46. The molecule has 0 atom stereocenters. The van der Waals surface area contributed by atoms with E-state index in [9.17, 15) is 14.4 Å². The third-order valence-electron chi connectivity index (χ3n) is 6.04. The van der Waals surface area contributed by atoms with E-state index in [4.69, 9.17) is 4.74 Å². The Labute approximate surface area is 170 Å². The second-order valence-electron chi connectivity index (χ2n) is 8.00. The number of hydrogen-bond acceptors (Lipinski definition) is 4. The third kappa shape index (κ3) is 3.67. The number of carbonyl (C=O) groups is 3. The number of ether oxygens (including phenoxy) is 1. The number of ketones is 2. The number of Topliss-reactive ketones (excluding diaryl/α,β-unsaturated/α-hetero) is 2. The van der Waals surface area contributed by atoms with Crippen molar-refractivity contribution >= 4 is 17.5 Å². The van der Waals surface area contributed by atoms with Crippen molar-refractivity contribution in [3.8, 4) is 0 Å². The summed E-state index contributed by atoms with van der Waals surface area (Å²) in [5.41, 5.74) is 3.66. The molecule has 148 valence electrons. The second-order valence-corrected chi connectivity index (χ2v) is 8.00. The van der Waals surface area contributed by atoms with E-state index in [0.717, 1.165) is 25.7 Å². The van der Waals surface area contributed by atoms with Crippen LogP contribution in [0, 0.1) is 12.8 Å². The molecular weight excluding hydrogens is 364 g/mol. The van der Waals surface area contributed by atoms with Gasteiger partial charge < -0.3 is 4.74 Å². The van der Waals surface area contributed by atoms with E-state index in [1.807, 2.05) is 0 Å². The van der Waals surface area contributed by atoms with Gasteiger partial charge in [0.15, 0.2) is 11.5 Å². The van der Waals surface area contributed by atoms with Crippen LogP contribution < -0.4 is 0 Å². The van der Waals surface area contributed by atoms with Crippen molar-refractivity contribution < 1.29 is 19.1 Å². The molecular formula is C25H24O4. The molecule has 0 aliphatic heterocycles. The zero-order valence-corrected chi connectivity index (χ0v) is 16.7. The topological polar surface area (TPSA) is 60.4 Å². The molecule has 0 saturated heterocycles. The molecule has 0 N–H and O–H groups in total. The van der Waals surface area contributed by atoms with Gasteiger partial charge in [0.25, 0.3) is 0 Å². The minimum atomic E-state index is -0.577. The van der Waals surface area contributed by atoms with Crippen molar-refractivity contribution in [1.29, 1.82) is 0 Å². The summed E-state index contributed by atoms with van der Waals surface area (Å²) in [6, 6.07) is 15.4. The number of aryl methyl sites for hydroxylation is 1. The first-order valence-electron chi connectivity index (χ1n) is 10.1. The number of carbonyl (C=O) groups excluding carboxylic acids is 3. The van der Waals surface area contributed by atoms with Crippen LogP contribution in [0.25, 0.3) is 0 Å². The molecule has 0 radical (unpaired) electrons. The van der Waals surface area contributed by atoms with Gasteiger partial charge in [0.2, 0.25) is 5.78 Å². The SMILES string of the molecule is CC(=O)OC1=C(C2CCC(c3ccc(C)cc3)CC2)C(=O)c2ccccc2C1=O. The van der Waals surface area contributed by atoms with Crippen LogP contribution in [0.15, 0.2) is 59.9 Å². The Morgan fingerprint density at radius 2 is 1.38 bits per heavy atom. The first kappa shape index (κ1) is 19.3. The number of rotatable bonds is 3. The lowest BCUT2D eigenvalue weighted by atomic mass is 9.72. The van der Waals surface area contributed by atoms with Crippen LogP contribution >= 0.6 is 0 Å². The van der Waals surface area contributed by atoms with Gasteiger partial charge in [-0.1, -0.05) is 54.1 Å². The second kappa shape index (κ2) is 7.78. The summed E-state index contributed by atoms with van der Waals surface area (Å²) in [4.78, 5) is 37.9. The fourth-order valence-electron chi connectivity index (χ4n) is 4.54. The highest BCUT2D eigenvalue weighted by Gasteiger charge is 2.39. The molecule has 0 amide bonds. The van der Waals surface area contributed by atoms with Gasteiger partial charge in [-0.15, -0.1) is 0 Å². The fourth-order valence-corrected chi connectivity index (χ4v) is 4.54. The van der Waals surface area contributed by atoms with Crippen LogP contribution in [0.1, 0.15) is 70.4 Å². The molecule has 29 heavy (non-hydrogen) atoms. The molecule has 1 fully saturated rings. The summed E-state index contributed by atoms with van der Waals surface area (Å²) < 4.78 is 5.29. The zero-order chi connectivity index (χ0) is 20.5. The summed E-state index contributed by atoms with van der Waals surface area (Å²) in [5, 5.41) is 0. The summed E-state index contributed by atoms with van der Waals surface area (Å²) >= 11 is 0. The highest BCUT2D eigenvalue weighted by atomic mass is 16.5. The molecule has 2 aromatic carbocycles. The van der Waals surface area contributed by atoms with Crippen LogP contribution in [-0.2, 0) is 9.53 Å². The van der Waals surface area contributed by atoms with Crippen LogP contribution in [0.2, 0.25) is 0 Å². The maximum atomic E-state index is 13.2. The third-order valence-corrected chi connectivity index (χ3v) is 6.04. The van der Waals surface area contributed by atoms with E-state index in [0.29, 0.717) is 22.6 Å². The van der Waals surface area contributed by atoms with Crippen molar-refractivity contribution in [3.05, 3.63) is 82.1 Å². The van der Waals surface area contributed by atoms with Gasteiger partial charge in [-0.3, -0.25) is 14.4 Å². The Balaban J connectivity index is 1.63. The molecule has 1 saturated carbocycles. The quantitative estimate of drug-likeness (QED) is 0.681. The minimum Gasteiger partial charge on any atom is -0.422 e. The Hall–Kier alpha value is -3.01. The Morgan fingerprint density at radius 1 is 0.828 bits per heavy atom. The molecule has 0 heterocycles. The number of allylic oxidation sites excluding steroid dienone is 2. The predicted molar refractivity (Wildman–Crippen MR) is 110 cm³/mol. The van der Waals surface area contributed by atoms with Crippen LogP contribution in [-0.4, -0.2) is 17.5 Å². The number of hydrogen-bond donors (Lipinski definition) is 0. The fraction of sp³-hybridized carbons (Fsp3) is 0.320. The molecule has 4 rings (SSSR count). The maximum absolute atomic E-state index is 13.2. The average molecular weight is 388 g/mol. The van der Waals surface area contributed by atoms with Gasteiger partial charge in [0.1, 0.15) is 0 Å². The summed E-state index contributed by atoms with van der Waals surface area (Å²) in [7, 11) is 0. The predicted octanol–water partition coefficient (Wildman–Crippen LogP) is 5.17. The Bertz CT molecular complexity index is 1010. The number of fused-ring (bicyclic) bond motifs is 1. The lowest BCUT2D eigenvalue weighted by Gasteiger charge is -2.32. The smallest absolute Gasteiger partial charge is 0.308 e. The van der Waals surface area contributed by atoms with Crippen LogP contribution in [0.4, 0.5) is 0 Å². The van der Waals surface area contributed by atoms with Crippen molar-refractivity contribution in [1.82, 2.24) is 0 Å². The lowest BCUT2D eigenvalue weighted by Crippen LogP contribution is -2.30. The first-order chi connectivity index (χ1) is 14.0. The van der Waals surface area contributed by atoms with Gasteiger partial charge in [-0.05, 0) is 50.0 Å². The molecule has 0 unspecified atom stereocenters. The highest BCUT2D eigenvalue weighted by Crippen LogP contribution is 2.42.